The predicted molar refractivity (Wildman–Crippen MR) is 81.6 cm³/mol. The first kappa shape index (κ1) is 19.2. The first-order valence-electron chi connectivity index (χ1n) is 7.18. The molecule has 0 aromatic heterocycles. The number of benzene rings is 1. The van der Waals surface area contributed by atoms with Crippen LogP contribution < -0.4 is 9.47 Å². The highest BCUT2D eigenvalue weighted by molar-refractivity contribution is 6.69. The topological polar surface area (TPSA) is 82.7 Å². The maximum absolute atomic E-state index is 12.4. The van der Waals surface area contributed by atoms with Crippen LogP contribution in [0.4, 0.5) is 8.78 Å². The zero-order valence-corrected chi connectivity index (χ0v) is 13.3. The molecule has 0 spiro atoms. The average Bonchev–Trinajstić information content (AvgIpc) is 2.72. The summed E-state index contributed by atoms with van der Waals surface area (Å²) in [5, 5.41) is 26.5. The Hall–Kier alpha value is -1.85. The maximum Gasteiger partial charge on any atom is 0.586 e. The van der Waals surface area contributed by atoms with Gasteiger partial charge in [0.1, 0.15) is 0 Å². The van der Waals surface area contributed by atoms with Gasteiger partial charge in [0.15, 0.2) is 11.5 Å². The highest BCUT2D eigenvalue weighted by Gasteiger charge is 2.43. The third-order valence-electron chi connectivity index (χ3n) is 3.22. The number of aryl methyl sites for hydroxylation is 1. The molecule has 8 heteroatoms. The van der Waals surface area contributed by atoms with Gasteiger partial charge in [-0.15, -0.1) is 8.78 Å². The van der Waals surface area contributed by atoms with E-state index in [1.54, 1.807) is 26.8 Å². The number of rotatable bonds is 4. The van der Waals surface area contributed by atoms with E-state index < -0.39 is 11.8 Å². The van der Waals surface area contributed by atoms with Gasteiger partial charge in [0.05, 0.1) is 5.50 Å². The number of hydrogen-bond acceptors (Lipinski definition) is 5. The van der Waals surface area contributed by atoms with E-state index in [9.17, 15) is 13.9 Å². The minimum absolute atomic E-state index is 0.0776. The Bertz CT molecular complexity index is 570. The molecule has 1 heterocycles. The molecule has 0 unspecified atom stereocenters. The molecule has 1 aliphatic heterocycles. The van der Waals surface area contributed by atoms with E-state index >= 15 is 0 Å². The van der Waals surface area contributed by atoms with Gasteiger partial charge in [-0.2, -0.15) is 0 Å². The van der Waals surface area contributed by atoms with Crippen molar-refractivity contribution in [3.05, 3.63) is 23.8 Å². The summed E-state index contributed by atoms with van der Waals surface area (Å²) < 4.78 is 33.3. The fourth-order valence-corrected chi connectivity index (χ4v) is 1.93. The van der Waals surface area contributed by atoms with E-state index in [2.05, 4.69) is 9.47 Å². The van der Waals surface area contributed by atoms with Gasteiger partial charge in [-0.25, -0.2) is 5.26 Å². The van der Waals surface area contributed by atoms with E-state index in [0.29, 0.717) is 12.7 Å². The molecule has 0 saturated heterocycles. The Morgan fingerprint density at radius 1 is 1.30 bits per heavy atom. The first-order chi connectivity index (χ1) is 10.6. The third-order valence-corrected chi connectivity index (χ3v) is 3.22. The quantitative estimate of drug-likeness (QED) is 0.831. The standard InChI is InChI=1S/C8H6F2O2.C7H14BNO2/c1-5-2-3-6-7(4-5)12-8(9,10)11-6;1-7(2,11)8(6-9)4-3-5-10/h2-4H,1H3;10-11H,3-5H2,1-2H3. The van der Waals surface area contributed by atoms with Gasteiger partial charge >= 0.3 is 13.0 Å². The Kier molecular flexibility index (Phi) is 6.36. The largest absolute Gasteiger partial charge is 0.586 e. The third kappa shape index (κ3) is 6.04. The summed E-state index contributed by atoms with van der Waals surface area (Å²) in [5.41, 5.74) is -0.0979. The minimum Gasteiger partial charge on any atom is -0.397 e. The van der Waals surface area contributed by atoms with E-state index in [1.807, 2.05) is 5.97 Å². The molecule has 5 nitrogen and oxygen atoms in total. The summed E-state index contributed by atoms with van der Waals surface area (Å²) >= 11 is 0. The highest BCUT2D eigenvalue weighted by Crippen LogP contribution is 2.40. The smallest absolute Gasteiger partial charge is 0.397 e. The molecule has 0 bridgehead atoms. The van der Waals surface area contributed by atoms with Crippen molar-refractivity contribution in [3.63, 3.8) is 0 Å². The number of halogens is 2. The van der Waals surface area contributed by atoms with E-state index in [4.69, 9.17) is 10.4 Å². The van der Waals surface area contributed by atoms with Crippen molar-refractivity contribution in [2.75, 3.05) is 6.61 Å². The predicted octanol–water partition coefficient (Wildman–Crippen LogP) is 2.55. The van der Waals surface area contributed by atoms with Gasteiger partial charge in [-0.3, -0.25) is 0 Å². The number of nitriles is 1. The number of aliphatic hydroxyl groups is 2. The summed E-state index contributed by atoms with van der Waals surface area (Å²) in [6.07, 6.45) is -2.38. The van der Waals surface area contributed by atoms with Crippen LogP contribution in [0.25, 0.3) is 0 Å². The lowest BCUT2D eigenvalue weighted by Gasteiger charge is -2.19. The molecule has 1 aromatic carbocycles. The molecule has 1 aliphatic rings. The zero-order chi connectivity index (χ0) is 17.7. The normalized spacial score (nSPS) is 14.5. The maximum atomic E-state index is 12.4. The minimum atomic E-state index is -3.50. The Labute approximate surface area is 134 Å². The molecular formula is C15H20BF2NO4. The Morgan fingerprint density at radius 3 is 2.43 bits per heavy atom. The number of alkyl halides is 2. The monoisotopic (exact) mass is 327 g/mol. The molecule has 2 N–H and O–H groups in total. The Balaban J connectivity index is 0.000000232. The van der Waals surface area contributed by atoms with Crippen molar-refractivity contribution in [3.8, 4) is 17.5 Å². The zero-order valence-electron chi connectivity index (χ0n) is 13.3. The van der Waals surface area contributed by atoms with Crippen LogP contribution in [0.15, 0.2) is 18.2 Å². The Morgan fingerprint density at radius 2 is 1.91 bits per heavy atom. The lowest BCUT2D eigenvalue weighted by Crippen LogP contribution is -2.39. The second-order valence-electron chi connectivity index (χ2n) is 5.82. The van der Waals surface area contributed by atoms with Crippen LogP contribution in [0, 0.1) is 18.2 Å². The van der Waals surface area contributed by atoms with Crippen molar-refractivity contribution >= 4 is 6.71 Å². The summed E-state index contributed by atoms with van der Waals surface area (Å²) in [6.45, 7) is 4.71. The van der Waals surface area contributed by atoms with Crippen LogP contribution in [0.1, 0.15) is 25.8 Å². The molecule has 0 atom stereocenters. The number of nitrogens with zero attached hydrogens (tertiary/aromatic N) is 1. The van der Waals surface area contributed by atoms with Crippen LogP contribution in [-0.2, 0) is 0 Å². The fraction of sp³-hybridized carbons (Fsp3) is 0.533. The van der Waals surface area contributed by atoms with Gasteiger partial charge in [-0.05, 0) is 44.9 Å². The SMILES string of the molecule is CC(C)(O)B(C#N)CCCO.Cc1ccc2c(c1)OC(F)(F)O2. The van der Waals surface area contributed by atoms with Gasteiger partial charge in [0.25, 0.3) is 0 Å². The van der Waals surface area contributed by atoms with E-state index in [-0.39, 0.29) is 24.8 Å². The van der Waals surface area contributed by atoms with Crippen LogP contribution in [0.5, 0.6) is 11.5 Å². The van der Waals surface area contributed by atoms with Crippen molar-refractivity contribution in [1.29, 1.82) is 5.26 Å². The van der Waals surface area contributed by atoms with Crippen molar-refractivity contribution < 1.29 is 28.5 Å². The molecule has 0 fully saturated rings. The number of aliphatic hydroxyl groups excluding tert-OH is 1. The molecule has 2 rings (SSSR count). The van der Waals surface area contributed by atoms with E-state index in [0.717, 1.165) is 5.56 Å². The summed E-state index contributed by atoms with van der Waals surface area (Å²) in [4.78, 5) is 0. The highest BCUT2D eigenvalue weighted by atomic mass is 19.3. The molecule has 0 radical (unpaired) electrons. The lowest BCUT2D eigenvalue weighted by atomic mass is 9.38. The van der Waals surface area contributed by atoms with Gasteiger partial charge in [0.2, 0.25) is 0 Å². The van der Waals surface area contributed by atoms with Gasteiger partial charge in [-0.1, -0.05) is 12.4 Å². The number of hydrogen-bond donors (Lipinski definition) is 2. The molecular weight excluding hydrogens is 307 g/mol. The first-order valence-corrected chi connectivity index (χ1v) is 7.18. The summed E-state index contributed by atoms with van der Waals surface area (Å²) in [7, 11) is 0. The molecule has 0 amide bonds. The molecule has 0 saturated carbocycles. The molecule has 126 valence electrons. The van der Waals surface area contributed by atoms with Crippen LogP contribution in [0.2, 0.25) is 6.32 Å². The number of fused-ring (bicyclic) bond motifs is 1. The van der Waals surface area contributed by atoms with E-state index in [1.165, 1.54) is 12.1 Å². The second-order valence-corrected chi connectivity index (χ2v) is 5.82. The van der Waals surface area contributed by atoms with Crippen LogP contribution in [0.3, 0.4) is 0 Å². The van der Waals surface area contributed by atoms with Crippen LogP contribution in [-0.4, -0.2) is 35.3 Å². The van der Waals surface area contributed by atoms with Crippen LogP contribution >= 0.6 is 0 Å². The second kappa shape index (κ2) is 7.62. The average molecular weight is 327 g/mol. The number of ether oxygens (including phenoxy) is 2. The van der Waals surface area contributed by atoms with Crippen molar-refractivity contribution in [2.24, 2.45) is 0 Å². The molecule has 1 aromatic rings. The van der Waals surface area contributed by atoms with Crippen molar-refractivity contribution in [1.82, 2.24) is 0 Å². The molecule has 23 heavy (non-hydrogen) atoms. The summed E-state index contributed by atoms with van der Waals surface area (Å²) in [6, 6.07) is 4.66. The van der Waals surface area contributed by atoms with Gasteiger partial charge in [0, 0.05) is 12.6 Å². The summed E-state index contributed by atoms with van der Waals surface area (Å²) in [5.74, 6) is 2.20. The molecule has 0 aliphatic carbocycles. The fourth-order valence-electron chi connectivity index (χ4n) is 1.93. The van der Waals surface area contributed by atoms with Gasteiger partial charge < -0.3 is 19.7 Å². The van der Waals surface area contributed by atoms with Crippen molar-refractivity contribution in [2.45, 2.75) is 45.3 Å². The lowest BCUT2D eigenvalue weighted by molar-refractivity contribution is -0.286.